The maximum Gasteiger partial charge on any atom is 0.307 e. The van der Waals surface area contributed by atoms with Gasteiger partial charge in [0.1, 0.15) is 0 Å². The second-order valence-electron chi connectivity index (χ2n) is 5.76. The molecule has 4 aliphatic rings. The van der Waals surface area contributed by atoms with Crippen molar-refractivity contribution in [3.05, 3.63) is 12.2 Å². The number of allylic oxidation sites excluding steroid dienone is 2. The minimum Gasteiger partial charge on any atom is -0.481 e. The van der Waals surface area contributed by atoms with Gasteiger partial charge in [0.25, 0.3) is 0 Å². The number of nitrogens with one attached hydrogen (secondary N) is 1. The van der Waals surface area contributed by atoms with Gasteiger partial charge in [0.05, 0.1) is 25.0 Å². The van der Waals surface area contributed by atoms with Gasteiger partial charge in [-0.3, -0.25) is 15.0 Å². The second-order valence-corrected chi connectivity index (χ2v) is 5.76. The van der Waals surface area contributed by atoms with Crippen molar-refractivity contribution in [3.63, 3.8) is 0 Å². The molecule has 0 aromatic heterocycles. The minimum absolute atomic E-state index is 0.00191. The van der Waals surface area contributed by atoms with Crippen LogP contribution in [0.5, 0.6) is 0 Å². The summed E-state index contributed by atoms with van der Waals surface area (Å²) in [4.78, 5) is 24.0. The molecule has 0 aromatic rings. The SMILES string of the molecule is O=C(NN1CCOCC1)[C@@H]1[C@H](C(=O)O)[C@H]2C=C[C@H]1CC2. The number of hydrogen-bond acceptors (Lipinski definition) is 4. The molecule has 4 rings (SSSR count). The molecule has 2 N–H and O–H groups in total. The third-order valence-corrected chi connectivity index (χ3v) is 4.62. The molecule has 1 heterocycles. The summed E-state index contributed by atoms with van der Waals surface area (Å²) in [6, 6.07) is 0. The third-order valence-electron chi connectivity index (χ3n) is 4.62. The Kier molecular flexibility index (Phi) is 3.76. The fraction of sp³-hybridized carbons (Fsp3) is 0.714. The minimum atomic E-state index is -0.855. The van der Waals surface area contributed by atoms with Crippen molar-refractivity contribution < 1.29 is 19.4 Å². The highest BCUT2D eigenvalue weighted by Gasteiger charge is 2.48. The zero-order chi connectivity index (χ0) is 14.1. The summed E-state index contributed by atoms with van der Waals surface area (Å²) in [6.07, 6.45) is 5.79. The van der Waals surface area contributed by atoms with E-state index in [9.17, 15) is 14.7 Å². The van der Waals surface area contributed by atoms with Crippen LogP contribution in [0.4, 0.5) is 0 Å². The highest BCUT2D eigenvalue weighted by atomic mass is 16.5. The Hall–Kier alpha value is -1.40. The van der Waals surface area contributed by atoms with Crippen LogP contribution in [0.2, 0.25) is 0 Å². The van der Waals surface area contributed by atoms with Crippen LogP contribution in [-0.4, -0.2) is 48.3 Å². The van der Waals surface area contributed by atoms with Crippen LogP contribution in [0.3, 0.4) is 0 Å². The number of hydrazine groups is 1. The first-order chi connectivity index (χ1) is 9.66. The lowest BCUT2D eigenvalue weighted by atomic mass is 9.62. The molecule has 110 valence electrons. The Morgan fingerprint density at radius 3 is 2.25 bits per heavy atom. The molecule has 0 spiro atoms. The van der Waals surface area contributed by atoms with Crippen molar-refractivity contribution in [2.75, 3.05) is 26.3 Å². The van der Waals surface area contributed by atoms with Gasteiger partial charge in [-0.05, 0) is 24.7 Å². The van der Waals surface area contributed by atoms with Gasteiger partial charge in [-0.1, -0.05) is 12.2 Å². The van der Waals surface area contributed by atoms with Crippen molar-refractivity contribution in [2.24, 2.45) is 23.7 Å². The zero-order valence-electron chi connectivity index (χ0n) is 11.3. The van der Waals surface area contributed by atoms with Gasteiger partial charge in [-0.15, -0.1) is 0 Å². The van der Waals surface area contributed by atoms with Crippen LogP contribution in [0, 0.1) is 23.7 Å². The van der Waals surface area contributed by atoms with Crippen molar-refractivity contribution in [3.8, 4) is 0 Å². The summed E-state index contributed by atoms with van der Waals surface area (Å²) >= 11 is 0. The van der Waals surface area contributed by atoms with Crippen LogP contribution in [0.1, 0.15) is 12.8 Å². The number of rotatable bonds is 3. The molecule has 2 bridgehead atoms. The average molecular weight is 280 g/mol. The number of carbonyl (C=O) groups excluding carboxylic acids is 1. The highest BCUT2D eigenvalue weighted by Crippen LogP contribution is 2.45. The molecule has 0 unspecified atom stereocenters. The monoisotopic (exact) mass is 280 g/mol. The van der Waals surface area contributed by atoms with E-state index < -0.39 is 17.8 Å². The molecule has 1 saturated carbocycles. The van der Waals surface area contributed by atoms with Crippen molar-refractivity contribution in [1.82, 2.24) is 10.4 Å². The van der Waals surface area contributed by atoms with Crippen LogP contribution in [0.15, 0.2) is 12.2 Å². The second kappa shape index (κ2) is 5.54. The normalized spacial score (nSPS) is 36.8. The lowest BCUT2D eigenvalue weighted by Crippen LogP contribution is -2.55. The average Bonchev–Trinajstić information content (AvgIpc) is 2.48. The van der Waals surface area contributed by atoms with E-state index in [4.69, 9.17) is 4.74 Å². The quantitative estimate of drug-likeness (QED) is 0.725. The van der Waals surface area contributed by atoms with E-state index in [1.165, 1.54) is 0 Å². The van der Waals surface area contributed by atoms with E-state index in [0.717, 1.165) is 12.8 Å². The molecule has 1 saturated heterocycles. The number of hydrogen-bond donors (Lipinski definition) is 2. The Balaban J connectivity index is 1.71. The van der Waals surface area contributed by atoms with E-state index >= 15 is 0 Å². The van der Waals surface area contributed by atoms with Crippen molar-refractivity contribution >= 4 is 11.9 Å². The van der Waals surface area contributed by atoms with E-state index in [0.29, 0.717) is 26.3 Å². The summed E-state index contributed by atoms with van der Waals surface area (Å²) in [5.41, 5.74) is 2.88. The molecule has 20 heavy (non-hydrogen) atoms. The van der Waals surface area contributed by atoms with Crippen LogP contribution in [0.25, 0.3) is 0 Å². The number of aliphatic carboxylic acids is 1. The maximum absolute atomic E-state index is 12.5. The molecule has 6 nitrogen and oxygen atoms in total. The van der Waals surface area contributed by atoms with Crippen molar-refractivity contribution in [2.45, 2.75) is 12.8 Å². The number of amides is 1. The molecule has 3 aliphatic carbocycles. The zero-order valence-corrected chi connectivity index (χ0v) is 11.3. The number of fused-ring (bicyclic) bond motifs is 2. The molecule has 1 amide bonds. The predicted octanol–water partition coefficient (Wildman–Crippen LogP) is 0.263. The third kappa shape index (κ3) is 2.45. The standard InChI is InChI=1S/C14H20N2O4/c17-13(15-16-5-7-20-8-6-16)11-9-1-3-10(4-2-9)12(11)14(18)19/h1,3,9-12H,2,4-8H2,(H,15,17)(H,18,19)/t9-,10-,11-,12+/m0/s1. The topological polar surface area (TPSA) is 78.9 Å². The lowest BCUT2D eigenvalue weighted by Gasteiger charge is -2.42. The molecule has 6 heteroatoms. The Labute approximate surface area is 117 Å². The number of ether oxygens (including phenoxy) is 1. The van der Waals surface area contributed by atoms with Gasteiger partial charge in [0.2, 0.25) is 5.91 Å². The molecule has 4 atom stereocenters. The van der Waals surface area contributed by atoms with Crippen LogP contribution < -0.4 is 5.43 Å². The van der Waals surface area contributed by atoms with Gasteiger partial charge >= 0.3 is 5.97 Å². The first kappa shape index (κ1) is 13.6. The number of carboxylic acids is 1. The first-order valence-corrected chi connectivity index (χ1v) is 7.21. The van der Waals surface area contributed by atoms with Gasteiger partial charge < -0.3 is 9.84 Å². The summed E-state index contributed by atoms with van der Waals surface area (Å²) in [6.45, 7) is 2.50. The molecule has 0 aromatic carbocycles. The number of nitrogens with zero attached hydrogens (tertiary/aromatic N) is 1. The highest BCUT2D eigenvalue weighted by molar-refractivity contribution is 5.86. The van der Waals surface area contributed by atoms with E-state index in [1.807, 2.05) is 17.2 Å². The van der Waals surface area contributed by atoms with Gasteiger partial charge in [0.15, 0.2) is 0 Å². The molecule has 0 radical (unpaired) electrons. The van der Waals surface area contributed by atoms with Gasteiger partial charge in [-0.25, -0.2) is 5.01 Å². The van der Waals surface area contributed by atoms with E-state index in [1.54, 1.807) is 0 Å². The molecule has 1 aliphatic heterocycles. The first-order valence-electron chi connectivity index (χ1n) is 7.21. The number of carbonyl (C=O) groups is 2. The maximum atomic E-state index is 12.5. The Morgan fingerprint density at radius 1 is 1.10 bits per heavy atom. The van der Waals surface area contributed by atoms with Crippen LogP contribution in [-0.2, 0) is 14.3 Å². The molecular formula is C14H20N2O4. The Morgan fingerprint density at radius 2 is 1.70 bits per heavy atom. The summed E-state index contributed by atoms with van der Waals surface area (Å²) < 4.78 is 5.24. The van der Waals surface area contributed by atoms with E-state index in [2.05, 4.69) is 5.43 Å². The molecule has 2 fully saturated rings. The predicted molar refractivity (Wildman–Crippen MR) is 70.5 cm³/mol. The van der Waals surface area contributed by atoms with Crippen molar-refractivity contribution in [1.29, 1.82) is 0 Å². The number of carboxylic acid groups (broad SMARTS) is 1. The number of morpholine rings is 1. The van der Waals surface area contributed by atoms with Gasteiger partial charge in [0, 0.05) is 13.1 Å². The van der Waals surface area contributed by atoms with Gasteiger partial charge in [-0.2, -0.15) is 0 Å². The summed E-state index contributed by atoms with van der Waals surface area (Å²) in [7, 11) is 0. The summed E-state index contributed by atoms with van der Waals surface area (Å²) in [5.74, 6) is -1.98. The van der Waals surface area contributed by atoms with Crippen LogP contribution >= 0.6 is 0 Å². The largest absolute Gasteiger partial charge is 0.481 e. The Bertz CT molecular complexity index is 431. The molecular weight excluding hydrogens is 260 g/mol. The smallest absolute Gasteiger partial charge is 0.307 e. The summed E-state index contributed by atoms with van der Waals surface area (Å²) in [5, 5.41) is 11.3. The van der Waals surface area contributed by atoms with E-state index in [-0.39, 0.29) is 17.7 Å². The fourth-order valence-corrected chi connectivity index (χ4v) is 3.59. The lowest BCUT2D eigenvalue weighted by molar-refractivity contribution is -0.155. The fourth-order valence-electron chi connectivity index (χ4n) is 3.59.